The Morgan fingerprint density at radius 3 is 2.88 bits per heavy atom. The number of hydrogen-bond donors (Lipinski definition) is 1. The van der Waals surface area contributed by atoms with Gasteiger partial charge in [-0.1, -0.05) is 11.6 Å². The van der Waals surface area contributed by atoms with Crippen LogP contribution in [0.15, 0.2) is 41.4 Å². The van der Waals surface area contributed by atoms with Crippen LogP contribution in [0, 0.1) is 13.8 Å². The van der Waals surface area contributed by atoms with Crippen LogP contribution in [0.2, 0.25) is 0 Å². The van der Waals surface area contributed by atoms with Crippen molar-refractivity contribution >= 4 is 17.2 Å². The third-order valence-corrected chi connectivity index (χ3v) is 7.06. The highest BCUT2D eigenvalue weighted by atomic mass is 32.1. The molecule has 0 unspecified atom stereocenters. The Kier molecular flexibility index (Phi) is 7.73. The van der Waals surface area contributed by atoms with Crippen molar-refractivity contribution in [3.8, 4) is 22.0 Å². The van der Waals surface area contributed by atoms with Crippen LogP contribution in [-0.2, 0) is 11.3 Å². The molecule has 4 rings (SSSR count). The van der Waals surface area contributed by atoms with E-state index in [0.29, 0.717) is 18.7 Å². The fraction of sp³-hybridized carbons (Fsp3) is 0.423. The van der Waals surface area contributed by atoms with E-state index in [1.165, 1.54) is 31.3 Å². The molecule has 1 aliphatic rings. The predicted molar refractivity (Wildman–Crippen MR) is 134 cm³/mol. The molecule has 0 atom stereocenters. The smallest absolute Gasteiger partial charge is 0.253 e. The molecule has 3 aromatic rings. The van der Waals surface area contributed by atoms with Crippen molar-refractivity contribution in [3.63, 3.8) is 0 Å². The van der Waals surface area contributed by atoms with Crippen LogP contribution in [0.4, 0.5) is 0 Å². The fourth-order valence-electron chi connectivity index (χ4n) is 4.24. The van der Waals surface area contributed by atoms with Crippen molar-refractivity contribution in [2.24, 2.45) is 0 Å². The van der Waals surface area contributed by atoms with Gasteiger partial charge < -0.3 is 14.6 Å². The molecule has 6 nitrogen and oxygen atoms in total. The van der Waals surface area contributed by atoms with Crippen LogP contribution >= 0.6 is 11.3 Å². The molecule has 0 aliphatic heterocycles. The lowest BCUT2D eigenvalue weighted by molar-refractivity contribution is 0.0936. The zero-order valence-electron chi connectivity index (χ0n) is 19.7. The molecular weight excluding hydrogens is 432 g/mol. The highest BCUT2D eigenvalue weighted by Crippen LogP contribution is 2.32. The zero-order valence-corrected chi connectivity index (χ0v) is 20.5. The van der Waals surface area contributed by atoms with E-state index in [1.54, 1.807) is 18.4 Å². The number of nitrogens with zero attached hydrogens (tertiary/aromatic N) is 3. The van der Waals surface area contributed by atoms with Gasteiger partial charge in [0.05, 0.1) is 23.6 Å². The number of rotatable bonds is 9. The zero-order chi connectivity index (χ0) is 23.2. The quantitative estimate of drug-likeness (QED) is 0.333. The SMILES string of the molecule is COCCNC(=O)c1cc(-c2csc(-c3ccc(C)nc3)n2)n(CCC2=CCCCC2)c1C. The van der Waals surface area contributed by atoms with Gasteiger partial charge >= 0.3 is 0 Å². The summed E-state index contributed by atoms with van der Waals surface area (Å²) < 4.78 is 7.33. The van der Waals surface area contributed by atoms with Crippen molar-refractivity contribution in [1.82, 2.24) is 19.9 Å². The Balaban J connectivity index is 1.64. The number of amides is 1. The molecule has 0 saturated carbocycles. The van der Waals surface area contributed by atoms with Crippen LogP contribution in [0.5, 0.6) is 0 Å². The Labute approximate surface area is 199 Å². The number of aromatic nitrogens is 3. The van der Waals surface area contributed by atoms with Gasteiger partial charge in [-0.2, -0.15) is 0 Å². The average molecular weight is 465 g/mol. The minimum atomic E-state index is -0.0698. The van der Waals surface area contributed by atoms with Crippen molar-refractivity contribution in [1.29, 1.82) is 0 Å². The lowest BCUT2D eigenvalue weighted by atomic mass is 9.97. The van der Waals surface area contributed by atoms with E-state index in [-0.39, 0.29) is 5.91 Å². The van der Waals surface area contributed by atoms with Crippen LogP contribution < -0.4 is 5.32 Å². The molecule has 0 saturated heterocycles. The predicted octanol–water partition coefficient (Wildman–Crippen LogP) is 5.56. The molecular formula is C26H32N4O2S. The molecule has 0 fully saturated rings. The minimum Gasteiger partial charge on any atom is -0.383 e. The second-order valence-corrected chi connectivity index (χ2v) is 9.37. The molecule has 33 heavy (non-hydrogen) atoms. The second-order valence-electron chi connectivity index (χ2n) is 8.51. The molecule has 0 bridgehead atoms. The maximum atomic E-state index is 12.9. The Bertz CT molecular complexity index is 1130. The first-order chi connectivity index (χ1) is 16.1. The number of carbonyl (C=O) groups excluding carboxylic acids is 1. The number of methoxy groups -OCH3 is 1. The van der Waals surface area contributed by atoms with Gasteiger partial charge in [0, 0.05) is 48.7 Å². The standard InChI is InChI=1S/C26H32N4O2S/c1-18-9-10-21(16-28-18)26-29-23(17-33-26)24-15-22(25(31)27-12-14-32-3)19(2)30(24)13-11-20-7-5-4-6-8-20/h7,9-10,15-17H,4-6,8,11-14H2,1-3H3,(H,27,31). The van der Waals surface area contributed by atoms with Crippen LogP contribution in [0.1, 0.15) is 53.8 Å². The van der Waals surface area contributed by atoms with Crippen molar-refractivity contribution in [2.45, 2.75) is 52.5 Å². The van der Waals surface area contributed by atoms with E-state index in [9.17, 15) is 4.79 Å². The molecule has 0 spiro atoms. The van der Waals surface area contributed by atoms with Crippen LogP contribution in [0.3, 0.4) is 0 Å². The lowest BCUT2D eigenvalue weighted by Crippen LogP contribution is -2.27. The first kappa shape index (κ1) is 23.4. The first-order valence-corrected chi connectivity index (χ1v) is 12.5. The first-order valence-electron chi connectivity index (χ1n) is 11.6. The molecule has 1 amide bonds. The van der Waals surface area contributed by atoms with Crippen molar-refractivity contribution in [2.75, 3.05) is 20.3 Å². The topological polar surface area (TPSA) is 69.0 Å². The second kappa shape index (κ2) is 10.9. The van der Waals surface area contributed by atoms with Gasteiger partial charge in [-0.25, -0.2) is 4.98 Å². The molecule has 0 aromatic carbocycles. The Morgan fingerprint density at radius 1 is 1.27 bits per heavy atom. The number of thiazole rings is 1. The Hall–Kier alpha value is -2.77. The molecule has 1 aliphatic carbocycles. The van der Waals surface area contributed by atoms with Gasteiger partial charge in [-0.15, -0.1) is 11.3 Å². The van der Waals surface area contributed by atoms with Crippen molar-refractivity contribution in [3.05, 3.63) is 58.4 Å². The van der Waals surface area contributed by atoms with Gasteiger partial charge in [-0.05, 0) is 64.2 Å². The largest absolute Gasteiger partial charge is 0.383 e. The molecule has 0 radical (unpaired) electrons. The third-order valence-electron chi connectivity index (χ3n) is 6.17. The van der Waals surface area contributed by atoms with E-state index in [0.717, 1.165) is 46.3 Å². The molecule has 7 heteroatoms. The van der Waals surface area contributed by atoms with Crippen LogP contribution in [0.25, 0.3) is 22.0 Å². The number of hydrogen-bond acceptors (Lipinski definition) is 5. The number of ether oxygens (including phenoxy) is 1. The number of pyridine rings is 1. The van der Waals surface area contributed by atoms with Gasteiger partial charge in [0.1, 0.15) is 5.01 Å². The summed E-state index contributed by atoms with van der Waals surface area (Å²) in [6, 6.07) is 6.04. The lowest BCUT2D eigenvalue weighted by Gasteiger charge is -2.15. The van der Waals surface area contributed by atoms with E-state index in [2.05, 4.69) is 32.4 Å². The maximum Gasteiger partial charge on any atom is 0.253 e. The third kappa shape index (κ3) is 5.60. The molecule has 174 valence electrons. The van der Waals surface area contributed by atoms with Crippen molar-refractivity contribution < 1.29 is 9.53 Å². The molecule has 3 aromatic heterocycles. The monoisotopic (exact) mass is 464 g/mol. The fourth-order valence-corrected chi connectivity index (χ4v) is 5.05. The number of carbonyl (C=O) groups is 1. The van der Waals surface area contributed by atoms with E-state index in [4.69, 9.17) is 9.72 Å². The summed E-state index contributed by atoms with van der Waals surface area (Å²) in [6.45, 7) is 5.84. The summed E-state index contributed by atoms with van der Waals surface area (Å²) in [5, 5.41) is 5.97. The minimum absolute atomic E-state index is 0.0698. The number of allylic oxidation sites excluding steroid dienone is 2. The van der Waals surface area contributed by atoms with E-state index >= 15 is 0 Å². The molecule has 1 N–H and O–H groups in total. The van der Waals surface area contributed by atoms with E-state index in [1.807, 2.05) is 32.2 Å². The van der Waals surface area contributed by atoms with Crippen LogP contribution in [-0.4, -0.2) is 40.7 Å². The summed E-state index contributed by atoms with van der Waals surface area (Å²) in [6.07, 6.45) is 10.2. The molecule has 3 heterocycles. The summed E-state index contributed by atoms with van der Waals surface area (Å²) in [5.41, 5.74) is 7.08. The summed E-state index contributed by atoms with van der Waals surface area (Å²) in [5.74, 6) is -0.0698. The van der Waals surface area contributed by atoms with Gasteiger partial charge in [-0.3, -0.25) is 9.78 Å². The Morgan fingerprint density at radius 2 is 2.15 bits per heavy atom. The average Bonchev–Trinajstić information content (AvgIpc) is 3.44. The van der Waals surface area contributed by atoms with Gasteiger partial charge in [0.2, 0.25) is 0 Å². The van der Waals surface area contributed by atoms with E-state index < -0.39 is 0 Å². The number of nitrogens with one attached hydrogen (secondary N) is 1. The number of aryl methyl sites for hydroxylation is 1. The highest BCUT2D eigenvalue weighted by molar-refractivity contribution is 7.13. The highest BCUT2D eigenvalue weighted by Gasteiger charge is 2.20. The van der Waals surface area contributed by atoms with Gasteiger partial charge in [0.25, 0.3) is 5.91 Å². The normalized spacial score (nSPS) is 13.7. The van der Waals surface area contributed by atoms with Gasteiger partial charge in [0.15, 0.2) is 0 Å². The summed E-state index contributed by atoms with van der Waals surface area (Å²) in [4.78, 5) is 22.2. The summed E-state index contributed by atoms with van der Waals surface area (Å²) >= 11 is 1.61. The maximum absolute atomic E-state index is 12.9. The summed E-state index contributed by atoms with van der Waals surface area (Å²) in [7, 11) is 1.63.